The fourth-order valence-corrected chi connectivity index (χ4v) is 4.25. The summed E-state index contributed by atoms with van der Waals surface area (Å²) in [4.78, 5) is 35.1. The molecule has 1 aliphatic rings. The van der Waals surface area contributed by atoms with Gasteiger partial charge in [0.15, 0.2) is 6.61 Å². The molecule has 8 nitrogen and oxygen atoms in total. The third kappa shape index (κ3) is 5.06. The van der Waals surface area contributed by atoms with Gasteiger partial charge in [-0.15, -0.1) is 11.3 Å². The van der Waals surface area contributed by atoms with Gasteiger partial charge in [0.05, 0.1) is 10.5 Å². The van der Waals surface area contributed by atoms with Crippen LogP contribution in [0.3, 0.4) is 0 Å². The number of carbonyl (C=O) groups excluding carboxylic acids is 2. The minimum atomic E-state index is -0.718. The number of carbonyl (C=O) groups is 2. The molecule has 1 aromatic carbocycles. The summed E-state index contributed by atoms with van der Waals surface area (Å²) in [7, 11) is 0. The molecular weight excluding hydrogens is 394 g/mol. The summed E-state index contributed by atoms with van der Waals surface area (Å²) in [6.45, 7) is -0.475. The van der Waals surface area contributed by atoms with E-state index in [-0.39, 0.29) is 5.69 Å². The van der Waals surface area contributed by atoms with Crippen LogP contribution in [-0.4, -0.2) is 23.4 Å². The number of rotatable bonds is 6. The van der Waals surface area contributed by atoms with Crippen LogP contribution in [0.15, 0.2) is 30.3 Å². The van der Waals surface area contributed by atoms with Gasteiger partial charge in [0, 0.05) is 23.1 Å². The molecule has 1 heterocycles. The number of hydrogen-bond acceptors (Lipinski definition) is 7. The maximum absolute atomic E-state index is 12.1. The fraction of sp³-hybridized carbons (Fsp3) is 0.250. The number of nitriles is 1. The van der Waals surface area contributed by atoms with Crippen molar-refractivity contribution in [3.8, 4) is 6.07 Å². The summed E-state index contributed by atoms with van der Waals surface area (Å²) in [6.07, 6.45) is 6.43. The van der Waals surface area contributed by atoms with Crippen LogP contribution in [0.5, 0.6) is 0 Å². The maximum atomic E-state index is 12.1. The molecule has 0 saturated heterocycles. The number of non-ortho nitro benzene ring substituents is 1. The number of benzene rings is 1. The van der Waals surface area contributed by atoms with Gasteiger partial charge in [-0.3, -0.25) is 14.9 Å². The molecule has 1 aromatic heterocycles. The highest BCUT2D eigenvalue weighted by Crippen LogP contribution is 2.37. The highest BCUT2D eigenvalue weighted by Gasteiger charge is 2.21. The van der Waals surface area contributed by atoms with E-state index in [1.807, 2.05) is 0 Å². The lowest BCUT2D eigenvalue weighted by Crippen LogP contribution is -2.20. The summed E-state index contributed by atoms with van der Waals surface area (Å²) in [5, 5.41) is 23.2. The Balaban J connectivity index is 1.53. The Hall–Kier alpha value is -3.51. The monoisotopic (exact) mass is 411 g/mol. The molecule has 1 amide bonds. The predicted molar refractivity (Wildman–Crippen MR) is 107 cm³/mol. The van der Waals surface area contributed by atoms with Gasteiger partial charge in [0.25, 0.3) is 11.6 Å². The Kier molecular flexibility index (Phi) is 6.36. The standard InChI is InChI=1S/C20H17N3O5S/c21-11-16-15-3-1-2-4-17(15)29-20(16)22-18(24)12-28-19(25)10-7-13-5-8-14(9-6-13)23(26)27/h5-10H,1-4,12H2,(H,22,24). The molecule has 0 unspecified atom stereocenters. The van der Waals surface area contributed by atoms with E-state index < -0.39 is 23.4 Å². The van der Waals surface area contributed by atoms with Crippen molar-refractivity contribution in [3.63, 3.8) is 0 Å². The van der Waals surface area contributed by atoms with E-state index in [2.05, 4.69) is 11.4 Å². The summed E-state index contributed by atoms with van der Waals surface area (Å²) < 4.78 is 4.91. The Morgan fingerprint density at radius 2 is 2.00 bits per heavy atom. The summed E-state index contributed by atoms with van der Waals surface area (Å²) in [6, 6.07) is 7.80. The molecule has 0 fully saturated rings. The Bertz CT molecular complexity index is 1020. The fourth-order valence-electron chi connectivity index (χ4n) is 2.99. The van der Waals surface area contributed by atoms with Crippen LogP contribution in [-0.2, 0) is 27.2 Å². The number of nitrogens with zero attached hydrogens (tertiary/aromatic N) is 2. The number of nitrogens with one attached hydrogen (secondary N) is 1. The third-order valence-electron chi connectivity index (χ3n) is 4.40. The normalized spacial score (nSPS) is 12.8. The zero-order chi connectivity index (χ0) is 20.8. The Morgan fingerprint density at radius 3 is 2.69 bits per heavy atom. The van der Waals surface area contributed by atoms with Crippen molar-refractivity contribution in [1.82, 2.24) is 0 Å². The molecule has 0 saturated carbocycles. The van der Waals surface area contributed by atoms with Crippen molar-refractivity contribution < 1.29 is 19.2 Å². The molecule has 0 spiro atoms. The molecule has 0 radical (unpaired) electrons. The van der Waals surface area contributed by atoms with Gasteiger partial charge in [-0.2, -0.15) is 5.26 Å². The van der Waals surface area contributed by atoms with Crippen LogP contribution < -0.4 is 5.32 Å². The number of anilines is 1. The van der Waals surface area contributed by atoms with Crippen molar-refractivity contribution >= 4 is 40.0 Å². The second kappa shape index (κ2) is 9.12. The number of amides is 1. The Labute approximate surface area is 170 Å². The molecule has 1 N–H and O–H groups in total. The van der Waals surface area contributed by atoms with Gasteiger partial charge in [-0.25, -0.2) is 4.79 Å². The number of aryl methyl sites for hydroxylation is 1. The summed E-state index contributed by atoms with van der Waals surface area (Å²) in [5.41, 5.74) is 2.05. The second-order valence-corrected chi connectivity index (χ2v) is 7.47. The van der Waals surface area contributed by atoms with E-state index in [1.165, 1.54) is 41.7 Å². The molecule has 9 heteroatoms. The predicted octanol–water partition coefficient (Wildman–Crippen LogP) is 3.60. The molecule has 2 aromatic rings. The minimum absolute atomic E-state index is 0.0478. The van der Waals surface area contributed by atoms with Gasteiger partial charge in [-0.05, 0) is 55.0 Å². The van der Waals surface area contributed by atoms with Gasteiger partial charge in [0.1, 0.15) is 11.1 Å². The highest BCUT2D eigenvalue weighted by atomic mass is 32.1. The van der Waals surface area contributed by atoms with Gasteiger partial charge in [0.2, 0.25) is 0 Å². The van der Waals surface area contributed by atoms with Gasteiger partial charge >= 0.3 is 5.97 Å². The SMILES string of the molecule is N#Cc1c(NC(=O)COC(=O)C=Cc2ccc([N+](=O)[O-])cc2)sc2c1CCCC2. The number of nitro groups is 1. The van der Waals surface area contributed by atoms with Crippen LogP contribution in [0.4, 0.5) is 10.7 Å². The molecule has 148 valence electrons. The molecule has 0 atom stereocenters. The average Bonchev–Trinajstić information content (AvgIpc) is 3.07. The summed E-state index contributed by atoms with van der Waals surface area (Å²) >= 11 is 1.40. The quantitative estimate of drug-likeness (QED) is 0.335. The summed E-state index contributed by atoms with van der Waals surface area (Å²) in [5.74, 6) is -1.23. The maximum Gasteiger partial charge on any atom is 0.331 e. The van der Waals surface area contributed by atoms with Crippen LogP contribution in [0.1, 0.15) is 34.4 Å². The van der Waals surface area contributed by atoms with E-state index in [0.717, 1.165) is 42.2 Å². The molecule has 3 rings (SSSR count). The average molecular weight is 411 g/mol. The number of nitro benzene ring substituents is 1. The first-order valence-electron chi connectivity index (χ1n) is 8.91. The molecule has 29 heavy (non-hydrogen) atoms. The van der Waals surface area contributed by atoms with E-state index >= 15 is 0 Å². The largest absolute Gasteiger partial charge is 0.452 e. The highest BCUT2D eigenvalue weighted by molar-refractivity contribution is 7.16. The van der Waals surface area contributed by atoms with Crippen molar-refractivity contribution in [2.24, 2.45) is 0 Å². The first kappa shape index (κ1) is 20.2. The molecule has 0 bridgehead atoms. The molecular formula is C20H17N3O5S. The smallest absolute Gasteiger partial charge is 0.331 e. The first-order chi connectivity index (χ1) is 14.0. The van der Waals surface area contributed by atoms with Gasteiger partial charge < -0.3 is 10.1 Å². The Morgan fingerprint density at radius 1 is 1.28 bits per heavy atom. The van der Waals surface area contributed by atoms with E-state index in [9.17, 15) is 25.0 Å². The minimum Gasteiger partial charge on any atom is -0.452 e. The number of thiophene rings is 1. The number of fused-ring (bicyclic) bond motifs is 1. The lowest BCUT2D eigenvalue weighted by molar-refractivity contribution is -0.384. The lowest BCUT2D eigenvalue weighted by atomic mass is 9.96. The van der Waals surface area contributed by atoms with Crippen molar-refractivity contribution in [2.45, 2.75) is 25.7 Å². The first-order valence-corrected chi connectivity index (χ1v) is 9.73. The van der Waals surface area contributed by atoms with Crippen molar-refractivity contribution in [3.05, 3.63) is 62.0 Å². The molecule has 1 aliphatic carbocycles. The zero-order valence-corrected chi connectivity index (χ0v) is 16.2. The molecule has 0 aliphatic heterocycles. The van der Waals surface area contributed by atoms with Crippen LogP contribution in [0.2, 0.25) is 0 Å². The van der Waals surface area contributed by atoms with Crippen LogP contribution >= 0.6 is 11.3 Å². The van der Waals surface area contributed by atoms with Crippen molar-refractivity contribution in [2.75, 3.05) is 11.9 Å². The zero-order valence-electron chi connectivity index (χ0n) is 15.3. The number of hydrogen-bond donors (Lipinski definition) is 1. The van der Waals surface area contributed by atoms with Crippen molar-refractivity contribution in [1.29, 1.82) is 5.26 Å². The third-order valence-corrected chi connectivity index (χ3v) is 5.60. The van der Waals surface area contributed by atoms with E-state index in [0.29, 0.717) is 16.1 Å². The topological polar surface area (TPSA) is 122 Å². The van der Waals surface area contributed by atoms with Crippen LogP contribution in [0, 0.1) is 21.4 Å². The number of ether oxygens (including phenoxy) is 1. The van der Waals surface area contributed by atoms with Gasteiger partial charge in [-0.1, -0.05) is 0 Å². The van der Waals surface area contributed by atoms with Crippen LogP contribution in [0.25, 0.3) is 6.08 Å². The van der Waals surface area contributed by atoms with E-state index in [1.54, 1.807) is 0 Å². The lowest BCUT2D eigenvalue weighted by Gasteiger charge is -2.09. The van der Waals surface area contributed by atoms with E-state index in [4.69, 9.17) is 4.74 Å². The second-order valence-electron chi connectivity index (χ2n) is 6.36. The number of esters is 1.